The fourth-order valence-electron chi connectivity index (χ4n) is 2.41. The van der Waals surface area contributed by atoms with Gasteiger partial charge in [-0.25, -0.2) is 0 Å². The van der Waals surface area contributed by atoms with Crippen LogP contribution in [0.2, 0.25) is 0 Å². The van der Waals surface area contributed by atoms with Gasteiger partial charge in [0.2, 0.25) is 0 Å². The SMILES string of the molecule is OC(CNCC(O)C1CC1)COC1CCCC1. The van der Waals surface area contributed by atoms with Crippen LogP contribution < -0.4 is 5.32 Å². The Balaban J connectivity index is 1.46. The zero-order valence-electron chi connectivity index (χ0n) is 10.5. The fraction of sp³-hybridized carbons (Fsp3) is 1.00. The highest BCUT2D eigenvalue weighted by Gasteiger charge is 2.29. The van der Waals surface area contributed by atoms with E-state index in [4.69, 9.17) is 4.74 Å². The van der Waals surface area contributed by atoms with Crippen molar-refractivity contribution in [2.24, 2.45) is 5.92 Å². The lowest BCUT2D eigenvalue weighted by Gasteiger charge is -2.17. The van der Waals surface area contributed by atoms with Gasteiger partial charge in [-0.1, -0.05) is 12.8 Å². The summed E-state index contributed by atoms with van der Waals surface area (Å²) in [6.45, 7) is 1.51. The van der Waals surface area contributed by atoms with Crippen molar-refractivity contribution >= 4 is 0 Å². The monoisotopic (exact) mass is 243 g/mol. The number of hydrogen-bond donors (Lipinski definition) is 3. The van der Waals surface area contributed by atoms with Crippen LogP contribution in [0.3, 0.4) is 0 Å². The largest absolute Gasteiger partial charge is 0.392 e. The number of ether oxygens (including phenoxy) is 1. The number of hydrogen-bond acceptors (Lipinski definition) is 4. The van der Waals surface area contributed by atoms with Crippen LogP contribution in [0.1, 0.15) is 38.5 Å². The molecule has 0 radical (unpaired) electrons. The highest BCUT2D eigenvalue weighted by Crippen LogP contribution is 2.32. The molecule has 0 spiro atoms. The minimum absolute atomic E-state index is 0.238. The lowest BCUT2D eigenvalue weighted by atomic mass is 10.2. The maximum absolute atomic E-state index is 9.71. The van der Waals surface area contributed by atoms with Gasteiger partial charge in [0.05, 0.1) is 24.9 Å². The Hall–Kier alpha value is -0.160. The molecule has 4 heteroatoms. The first-order valence-electron chi connectivity index (χ1n) is 6.94. The van der Waals surface area contributed by atoms with E-state index in [0.717, 1.165) is 25.7 Å². The van der Waals surface area contributed by atoms with Crippen LogP contribution >= 0.6 is 0 Å². The van der Waals surface area contributed by atoms with Crippen LogP contribution in [0, 0.1) is 5.92 Å². The lowest BCUT2D eigenvalue weighted by molar-refractivity contribution is -0.00638. The molecule has 0 aromatic heterocycles. The normalized spacial score (nSPS) is 25.1. The second-order valence-electron chi connectivity index (χ2n) is 5.46. The van der Waals surface area contributed by atoms with Gasteiger partial charge < -0.3 is 20.3 Å². The molecule has 2 rings (SSSR count). The molecule has 2 aliphatic carbocycles. The molecular formula is C13H25NO3. The summed E-state index contributed by atoms with van der Waals surface area (Å²) in [4.78, 5) is 0. The molecule has 3 N–H and O–H groups in total. The standard InChI is InChI=1S/C13H25NO3/c15-11(9-17-12-3-1-2-4-12)7-14-8-13(16)10-5-6-10/h10-16H,1-9H2. The minimum atomic E-state index is -0.456. The number of aliphatic hydroxyl groups excluding tert-OH is 2. The summed E-state index contributed by atoms with van der Waals surface area (Å²) in [5, 5.41) is 22.4. The average molecular weight is 243 g/mol. The van der Waals surface area contributed by atoms with E-state index >= 15 is 0 Å². The first-order chi connectivity index (χ1) is 8.25. The molecule has 0 aliphatic heterocycles. The topological polar surface area (TPSA) is 61.7 Å². The van der Waals surface area contributed by atoms with Crippen molar-refractivity contribution in [2.75, 3.05) is 19.7 Å². The Morgan fingerprint density at radius 1 is 1.06 bits per heavy atom. The van der Waals surface area contributed by atoms with Gasteiger partial charge >= 0.3 is 0 Å². The van der Waals surface area contributed by atoms with Crippen molar-refractivity contribution in [2.45, 2.75) is 56.8 Å². The Kier molecular flexibility index (Phi) is 5.22. The summed E-state index contributed by atoms with van der Waals surface area (Å²) in [6.07, 6.45) is 6.76. The van der Waals surface area contributed by atoms with E-state index in [-0.39, 0.29) is 6.10 Å². The van der Waals surface area contributed by atoms with Gasteiger partial charge in [-0.3, -0.25) is 0 Å². The van der Waals surface area contributed by atoms with Gasteiger partial charge in [-0.2, -0.15) is 0 Å². The maximum Gasteiger partial charge on any atom is 0.0897 e. The molecule has 0 bridgehead atoms. The third-order valence-corrected chi connectivity index (χ3v) is 3.73. The molecule has 100 valence electrons. The molecule has 4 nitrogen and oxygen atoms in total. The van der Waals surface area contributed by atoms with Crippen LogP contribution in [0.15, 0.2) is 0 Å². The van der Waals surface area contributed by atoms with E-state index in [2.05, 4.69) is 5.32 Å². The molecule has 2 saturated carbocycles. The van der Waals surface area contributed by atoms with Gasteiger partial charge in [0.25, 0.3) is 0 Å². The zero-order chi connectivity index (χ0) is 12.1. The van der Waals surface area contributed by atoms with Gasteiger partial charge in [0, 0.05) is 13.1 Å². The van der Waals surface area contributed by atoms with E-state index in [1.54, 1.807) is 0 Å². The van der Waals surface area contributed by atoms with E-state index in [9.17, 15) is 10.2 Å². The maximum atomic E-state index is 9.71. The molecular weight excluding hydrogens is 218 g/mol. The Morgan fingerprint density at radius 2 is 1.76 bits per heavy atom. The molecule has 0 aromatic carbocycles. The molecule has 2 unspecified atom stereocenters. The number of nitrogens with one attached hydrogen (secondary N) is 1. The first kappa shape index (κ1) is 13.3. The van der Waals surface area contributed by atoms with Crippen molar-refractivity contribution in [3.63, 3.8) is 0 Å². The van der Waals surface area contributed by atoms with Crippen LogP contribution in [0.25, 0.3) is 0 Å². The van der Waals surface area contributed by atoms with Crippen LogP contribution in [-0.4, -0.2) is 48.2 Å². The third kappa shape index (κ3) is 4.92. The summed E-state index contributed by atoms with van der Waals surface area (Å²) in [6, 6.07) is 0. The van der Waals surface area contributed by atoms with Gasteiger partial charge in [-0.05, 0) is 31.6 Å². The Labute approximate surface area is 103 Å². The van der Waals surface area contributed by atoms with Crippen LogP contribution in [-0.2, 0) is 4.74 Å². The zero-order valence-corrected chi connectivity index (χ0v) is 10.5. The van der Waals surface area contributed by atoms with Gasteiger partial charge in [0.1, 0.15) is 0 Å². The van der Waals surface area contributed by atoms with Crippen molar-refractivity contribution in [3.05, 3.63) is 0 Å². The summed E-state index contributed by atoms with van der Waals surface area (Å²) >= 11 is 0. The van der Waals surface area contributed by atoms with Crippen molar-refractivity contribution in [1.29, 1.82) is 0 Å². The lowest BCUT2D eigenvalue weighted by Crippen LogP contribution is -2.36. The molecule has 0 aromatic rings. The van der Waals surface area contributed by atoms with E-state index in [1.165, 1.54) is 12.8 Å². The van der Waals surface area contributed by atoms with Crippen LogP contribution in [0.4, 0.5) is 0 Å². The molecule has 0 saturated heterocycles. The van der Waals surface area contributed by atoms with E-state index in [1.807, 2.05) is 0 Å². The number of rotatable bonds is 8. The molecule has 2 fully saturated rings. The molecule has 2 atom stereocenters. The van der Waals surface area contributed by atoms with Crippen molar-refractivity contribution < 1.29 is 14.9 Å². The summed E-state index contributed by atoms with van der Waals surface area (Å²) in [5.41, 5.74) is 0. The number of aliphatic hydroxyl groups is 2. The predicted molar refractivity (Wildman–Crippen MR) is 65.8 cm³/mol. The summed E-state index contributed by atoms with van der Waals surface area (Å²) in [7, 11) is 0. The third-order valence-electron chi connectivity index (χ3n) is 3.73. The molecule has 0 heterocycles. The van der Waals surface area contributed by atoms with Crippen molar-refractivity contribution in [3.8, 4) is 0 Å². The highest BCUT2D eigenvalue weighted by molar-refractivity contribution is 4.82. The Bertz CT molecular complexity index is 215. The molecule has 17 heavy (non-hydrogen) atoms. The average Bonchev–Trinajstić information content (AvgIpc) is 3.04. The second kappa shape index (κ2) is 6.69. The second-order valence-corrected chi connectivity index (χ2v) is 5.46. The summed E-state index contributed by atoms with van der Waals surface area (Å²) < 4.78 is 5.63. The van der Waals surface area contributed by atoms with E-state index in [0.29, 0.717) is 31.7 Å². The predicted octanol–water partition coefficient (Wildman–Crippen LogP) is 0.667. The van der Waals surface area contributed by atoms with Crippen LogP contribution in [0.5, 0.6) is 0 Å². The molecule has 0 amide bonds. The van der Waals surface area contributed by atoms with E-state index < -0.39 is 6.10 Å². The minimum Gasteiger partial charge on any atom is -0.392 e. The summed E-state index contributed by atoms with van der Waals surface area (Å²) in [5.74, 6) is 0.495. The van der Waals surface area contributed by atoms with Gasteiger partial charge in [0.15, 0.2) is 0 Å². The first-order valence-corrected chi connectivity index (χ1v) is 6.94. The van der Waals surface area contributed by atoms with Gasteiger partial charge in [-0.15, -0.1) is 0 Å². The fourth-order valence-corrected chi connectivity index (χ4v) is 2.41. The molecule has 2 aliphatic rings. The quantitative estimate of drug-likeness (QED) is 0.586. The highest BCUT2D eigenvalue weighted by atomic mass is 16.5. The van der Waals surface area contributed by atoms with Crippen molar-refractivity contribution in [1.82, 2.24) is 5.32 Å². The Morgan fingerprint density at radius 3 is 2.41 bits per heavy atom. The smallest absolute Gasteiger partial charge is 0.0897 e.